The molecule has 0 aliphatic rings. The number of halogens is 1. The lowest BCUT2D eigenvalue weighted by Gasteiger charge is -2.02. The molecule has 0 aliphatic carbocycles. The highest BCUT2D eigenvalue weighted by molar-refractivity contribution is 8.93. The highest BCUT2D eigenvalue weighted by Crippen LogP contribution is 2.01. The van der Waals surface area contributed by atoms with Crippen LogP contribution in [0.25, 0.3) is 0 Å². The van der Waals surface area contributed by atoms with Crippen LogP contribution >= 0.6 is 17.0 Å². The lowest BCUT2D eigenvalue weighted by atomic mass is 10.3. The van der Waals surface area contributed by atoms with Gasteiger partial charge in [0.2, 0.25) is 0 Å². The molecule has 0 aromatic carbocycles. The van der Waals surface area contributed by atoms with Gasteiger partial charge in [-0.1, -0.05) is 13.3 Å². The molecule has 0 aliphatic heterocycles. The van der Waals surface area contributed by atoms with Crippen LogP contribution in [0.15, 0.2) is 18.3 Å². The van der Waals surface area contributed by atoms with Crippen molar-refractivity contribution in [1.82, 2.24) is 4.57 Å². The molecule has 1 nitrogen and oxygen atoms in total. The zero-order chi connectivity index (χ0) is 7.40. The van der Waals surface area contributed by atoms with Gasteiger partial charge in [-0.05, 0) is 25.5 Å². The van der Waals surface area contributed by atoms with Crippen molar-refractivity contribution in [1.29, 1.82) is 0 Å². The molecule has 1 heterocycles. The number of hydrogen-bond donors (Lipinski definition) is 0. The van der Waals surface area contributed by atoms with Crippen LogP contribution in [0, 0.1) is 6.92 Å². The molecule has 0 N–H and O–H groups in total. The molecule has 0 fully saturated rings. The molecule has 11 heavy (non-hydrogen) atoms. The fourth-order valence-corrected chi connectivity index (χ4v) is 1.08. The predicted octanol–water partition coefficient (Wildman–Crippen LogP) is 3.17. The Morgan fingerprint density at radius 3 is 2.64 bits per heavy atom. The van der Waals surface area contributed by atoms with Gasteiger partial charge >= 0.3 is 0 Å². The van der Waals surface area contributed by atoms with Gasteiger partial charge in [0.25, 0.3) is 0 Å². The van der Waals surface area contributed by atoms with Crippen LogP contribution in [0.4, 0.5) is 0 Å². The topological polar surface area (TPSA) is 4.93 Å². The average Bonchev–Trinajstić information content (AvgIpc) is 2.31. The molecule has 1 aromatic rings. The summed E-state index contributed by atoms with van der Waals surface area (Å²) in [6, 6.07) is 4.25. The summed E-state index contributed by atoms with van der Waals surface area (Å²) in [6.45, 7) is 5.55. The van der Waals surface area contributed by atoms with Crippen LogP contribution < -0.4 is 0 Å². The second-order valence-corrected chi connectivity index (χ2v) is 2.70. The lowest BCUT2D eigenvalue weighted by molar-refractivity contribution is 0.622. The summed E-state index contributed by atoms with van der Waals surface area (Å²) in [5, 5.41) is 0. The Bertz CT molecular complexity index is 193. The third-order valence-electron chi connectivity index (χ3n) is 1.81. The molecular formula is C9H16BrN. The van der Waals surface area contributed by atoms with Gasteiger partial charge in [0.05, 0.1) is 0 Å². The SMILES string of the molecule is Br.CCCCn1cccc1C. The van der Waals surface area contributed by atoms with E-state index in [2.05, 4.69) is 36.7 Å². The summed E-state index contributed by atoms with van der Waals surface area (Å²) < 4.78 is 2.30. The fraction of sp³-hybridized carbons (Fsp3) is 0.556. The summed E-state index contributed by atoms with van der Waals surface area (Å²) in [5.41, 5.74) is 1.37. The molecule has 0 bridgehead atoms. The monoisotopic (exact) mass is 217 g/mol. The molecule has 2 heteroatoms. The Labute approximate surface area is 79.2 Å². The van der Waals surface area contributed by atoms with Gasteiger partial charge < -0.3 is 4.57 Å². The van der Waals surface area contributed by atoms with E-state index in [-0.39, 0.29) is 17.0 Å². The quantitative estimate of drug-likeness (QED) is 0.734. The normalized spacial score (nSPS) is 9.27. The molecule has 0 radical (unpaired) electrons. The van der Waals surface area contributed by atoms with E-state index in [1.54, 1.807) is 0 Å². The number of nitrogens with zero attached hydrogens (tertiary/aromatic N) is 1. The van der Waals surface area contributed by atoms with Crippen molar-refractivity contribution in [2.75, 3.05) is 0 Å². The van der Waals surface area contributed by atoms with Gasteiger partial charge in [0, 0.05) is 18.4 Å². The largest absolute Gasteiger partial charge is 0.352 e. The first-order chi connectivity index (χ1) is 4.84. The third-order valence-corrected chi connectivity index (χ3v) is 1.81. The van der Waals surface area contributed by atoms with Crippen LogP contribution in [-0.2, 0) is 6.54 Å². The van der Waals surface area contributed by atoms with E-state index < -0.39 is 0 Å². The highest BCUT2D eigenvalue weighted by atomic mass is 79.9. The average molecular weight is 218 g/mol. The van der Waals surface area contributed by atoms with Crippen molar-refractivity contribution in [3.8, 4) is 0 Å². The maximum Gasteiger partial charge on any atom is 0.0222 e. The molecule has 0 atom stereocenters. The van der Waals surface area contributed by atoms with Crippen LogP contribution in [0.1, 0.15) is 25.5 Å². The highest BCUT2D eigenvalue weighted by Gasteiger charge is 1.91. The zero-order valence-electron chi connectivity index (χ0n) is 7.21. The van der Waals surface area contributed by atoms with Gasteiger partial charge in [-0.2, -0.15) is 0 Å². The van der Waals surface area contributed by atoms with Gasteiger partial charge in [-0.25, -0.2) is 0 Å². The minimum absolute atomic E-state index is 0. The van der Waals surface area contributed by atoms with Crippen molar-refractivity contribution in [2.45, 2.75) is 33.2 Å². The third kappa shape index (κ3) is 3.10. The fourth-order valence-electron chi connectivity index (χ4n) is 1.08. The summed E-state index contributed by atoms with van der Waals surface area (Å²) >= 11 is 0. The molecule has 64 valence electrons. The number of aryl methyl sites for hydroxylation is 2. The van der Waals surface area contributed by atoms with Gasteiger partial charge in [0.15, 0.2) is 0 Å². The van der Waals surface area contributed by atoms with E-state index in [0.29, 0.717) is 0 Å². The van der Waals surface area contributed by atoms with Crippen molar-refractivity contribution >= 4 is 17.0 Å². The number of hydrogen-bond acceptors (Lipinski definition) is 0. The van der Waals surface area contributed by atoms with Gasteiger partial charge in [0.1, 0.15) is 0 Å². The van der Waals surface area contributed by atoms with Crippen LogP contribution in [0.5, 0.6) is 0 Å². The Kier molecular flexibility index (Phi) is 5.30. The molecule has 0 unspecified atom stereocenters. The number of unbranched alkanes of at least 4 members (excludes halogenated alkanes) is 1. The van der Waals surface area contributed by atoms with E-state index in [1.807, 2.05) is 0 Å². The molecule has 1 aromatic heterocycles. The van der Waals surface area contributed by atoms with E-state index >= 15 is 0 Å². The first-order valence-electron chi connectivity index (χ1n) is 3.96. The van der Waals surface area contributed by atoms with Crippen molar-refractivity contribution < 1.29 is 0 Å². The Morgan fingerprint density at radius 2 is 2.18 bits per heavy atom. The van der Waals surface area contributed by atoms with Crippen LogP contribution in [0.2, 0.25) is 0 Å². The molecule has 0 saturated heterocycles. The summed E-state index contributed by atoms with van der Waals surface area (Å²) in [6.07, 6.45) is 4.71. The van der Waals surface area contributed by atoms with Crippen molar-refractivity contribution in [3.63, 3.8) is 0 Å². The van der Waals surface area contributed by atoms with Gasteiger partial charge in [-0.3, -0.25) is 0 Å². The summed E-state index contributed by atoms with van der Waals surface area (Å²) in [7, 11) is 0. The van der Waals surface area contributed by atoms with Crippen molar-refractivity contribution in [2.24, 2.45) is 0 Å². The number of rotatable bonds is 3. The zero-order valence-corrected chi connectivity index (χ0v) is 8.92. The Hall–Kier alpha value is -0.240. The molecule has 0 saturated carbocycles. The van der Waals surface area contributed by atoms with Gasteiger partial charge in [-0.15, -0.1) is 17.0 Å². The summed E-state index contributed by atoms with van der Waals surface area (Å²) in [4.78, 5) is 0. The molecule has 0 spiro atoms. The minimum atomic E-state index is 0. The lowest BCUT2D eigenvalue weighted by Crippen LogP contribution is -1.96. The van der Waals surface area contributed by atoms with Crippen LogP contribution in [0.3, 0.4) is 0 Å². The smallest absolute Gasteiger partial charge is 0.0222 e. The molecule has 0 amide bonds. The predicted molar refractivity (Wildman–Crippen MR) is 54.4 cm³/mol. The minimum Gasteiger partial charge on any atom is -0.352 e. The number of aromatic nitrogens is 1. The standard InChI is InChI=1S/C9H15N.BrH/c1-3-4-7-10-8-5-6-9(10)2;/h5-6,8H,3-4,7H2,1-2H3;1H. The van der Waals surface area contributed by atoms with E-state index in [9.17, 15) is 0 Å². The van der Waals surface area contributed by atoms with E-state index in [0.717, 1.165) is 0 Å². The Balaban J connectivity index is 0.000001000. The second kappa shape index (κ2) is 5.42. The first kappa shape index (κ1) is 10.8. The van der Waals surface area contributed by atoms with Crippen LogP contribution in [-0.4, -0.2) is 4.57 Å². The Morgan fingerprint density at radius 1 is 1.45 bits per heavy atom. The maximum atomic E-state index is 2.30. The first-order valence-corrected chi connectivity index (χ1v) is 3.96. The van der Waals surface area contributed by atoms with E-state index in [4.69, 9.17) is 0 Å². The maximum absolute atomic E-state index is 2.30. The summed E-state index contributed by atoms with van der Waals surface area (Å²) in [5.74, 6) is 0. The van der Waals surface area contributed by atoms with Crippen molar-refractivity contribution in [3.05, 3.63) is 24.0 Å². The molecular weight excluding hydrogens is 202 g/mol. The second-order valence-electron chi connectivity index (χ2n) is 2.70. The van der Waals surface area contributed by atoms with E-state index in [1.165, 1.54) is 25.1 Å². The molecule has 1 rings (SSSR count).